The molecule has 4 rings (SSSR count). The predicted octanol–water partition coefficient (Wildman–Crippen LogP) is 1.00. The summed E-state index contributed by atoms with van der Waals surface area (Å²) < 4.78 is 39.0. The minimum atomic E-state index is -3.61. The molecule has 1 aromatic heterocycles. The Morgan fingerprint density at radius 2 is 1.80 bits per heavy atom. The van der Waals surface area contributed by atoms with E-state index >= 15 is 0 Å². The number of ether oxygens (including phenoxy) is 2. The molecular formula is C20H26N4O5S. The zero-order valence-electron chi connectivity index (χ0n) is 17.3. The lowest BCUT2D eigenvalue weighted by molar-refractivity contribution is 0.354. The number of hydrogen-bond donors (Lipinski definition) is 1. The molecule has 0 saturated carbocycles. The minimum Gasteiger partial charge on any atom is -0.493 e. The number of anilines is 1. The van der Waals surface area contributed by atoms with E-state index in [1.54, 1.807) is 24.9 Å². The third-order valence-electron chi connectivity index (χ3n) is 5.71. The van der Waals surface area contributed by atoms with Gasteiger partial charge < -0.3 is 14.8 Å². The van der Waals surface area contributed by atoms with Crippen molar-refractivity contribution >= 4 is 15.8 Å². The maximum atomic E-state index is 12.8. The summed E-state index contributed by atoms with van der Waals surface area (Å²) >= 11 is 0. The van der Waals surface area contributed by atoms with Crippen molar-refractivity contribution in [1.29, 1.82) is 0 Å². The lowest BCUT2D eigenvalue weighted by atomic mass is 9.96. The van der Waals surface area contributed by atoms with Crippen molar-refractivity contribution in [1.82, 2.24) is 14.9 Å². The van der Waals surface area contributed by atoms with E-state index in [9.17, 15) is 13.2 Å². The molecule has 0 spiro atoms. The van der Waals surface area contributed by atoms with Crippen LogP contribution in [0.15, 0.2) is 23.0 Å². The fourth-order valence-electron chi connectivity index (χ4n) is 4.31. The first-order valence-corrected chi connectivity index (χ1v) is 11.8. The molecule has 9 nitrogen and oxygen atoms in total. The van der Waals surface area contributed by atoms with Gasteiger partial charge in [-0.1, -0.05) is 0 Å². The first-order valence-electron chi connectivity index (χ1n) is 9.90. The van der Waals surface area contributed by atoms with Crippen LogP contribution in [0.1, 0.15) is 18.4 Å². The number of nitrogens with one attached hydrogen (secondary N) is 1. The van der Waals surface area contributed by atoms with Gasteiger partial charge in [-0.05, 0) is 50.0 Å². The summed E-state index contributed by atoms with van der Waals surface area (Å²) in [7, 11) is -0.475. The molecule has 2 aliphatic rings. The molecule has 0 bridgehead atoms. The van der Waals surface area contributed by atoms with Crippen molar-refractivity contribution in [3.8, 4) is 22.8 Å². The maximum absolute atomic E-state index is 12.8. The second-order valence-corrected chi connectivity index (χ2v) is 9.45. The standard InChI is InChI=1S/C20H26N4O5S/c1-28-17-10-13-6-9-23-16(15(13)11-18(17)29-2)12-19(22-20(23)25)24(30(3,26)27)14-4-7-21-8-5-14/h10-12,14,21H,4-9H2,1-3H3. The van der Waals surface area contributed by atoms with Crippen LogP contribution in [0.3, 0.4) is 0 Å². The average Bonchev–Trinajstić information content (AvgIpc) is 2.72. The third kappa shape index (κ3) is 3.65. The number of piperidine rings is 1. The van der Waals surface area contributed by atoms with Gasteiger partial charge in [0.25, 0.3) is 0 Å². The number of benzene rings is 1. The Morgan fingerprint density at radius 1 is 1.13 bits per heavy atom. The van der Waals surface area contributed by atoms with Gasteiger partial charge in [-0.3, -0.25) is 8.87 Å². The Kier molecular flexibility index (Phi) is 5.46. The van der Waals surface area contributed by atoms with Crippen molar-refractivity contribution in [2.45, 2.75) is 31.8 Å². The van der Waals surface area contributed by atoms with E-state index in [4.69, 9.17) is 9.47 Å². The van der Waals surface area contributed by atoms with E-state index in [2.05, 4.69) is 10.3 Å². The number of methoxy groups -OCH3 is 2. The topological polar surface area (TPSA) is 103 Å². The zero-order chi connectivity index (χ0) is 21.5. The van der Waals surface area contributed by atoms with Gasteiger partial charge in [0.2, 0.25) is 10.0 Å². The Hall–Kier alpha value is -2.59. The van der Waals surface area contributed by atoms with Crippen LogP contribution < -0.4 is 24.8 Å². The smallest absolute Gasteiger partial charge is 0.350 e. The summed E-state index contributed by atoms with van der Waals surface area (Å²) in [6, 6.07) is 5.21. The van der Waals surface area contributed by atoms with Crippen LogP contribution in [0, 0.1) is 0 Å². The number of sulfonamides is 1. The molecule has 1 aromatic carbocycles. The summed E-state index contributed by atoms with van der Waals surface area (Å²) in [5.74, 6) is 1.34. The molecule has 1 N–H and O–H groups in total. The highest BCUT2D eigenvalue weighted by Crippen LogP contribution is 2.39. The van der Waals surface area contributed by atoms with Crippen molar-refractivity contribution in [2.75, 3.05) is 37.9 Å². The van der Waals surface area contributed by atoms with Crippen LogP contribution >= 0.6 is 0 Å². The highest BCUT2D eigenvalue weighted by atomic mass is 32.2. The van der Waals surface area contributed by atoms with Crippen LogP contribution in [0.5, 0.6) is 11.5 Å². The monoisotopic (exact) mass is 434 g/mol. The third-order valence-corrected chi connectivity index (χ3v) is 6.91. The fraction of sp³-hybridized carbons (Fsp3) is 0.500. The summed E-state index contributed by atoms with van der Waals surface area (Å²) in [4.78, 5) is 17.0. The highest BCUT2D eigenvalue weighted by molar-refractivity contribution is 7.92. The largest absolute Gasteiger partial charge is 0.493 e. The van der Waals surface area contributed by atoms with E-state index in [1.165, 1.54) is 4.31 Å². The number of nitrogens with zero attached hydrogens (tertiary/aromatic N) is 3. The lowest BCUT2D eigenvalue weighted by Gasteiger charge is -2.34. The molecule has 1 fully saturated rings. The first kappa shape index (κ1) is 20.7. The Bertz CT molecular complexity index is 1120. The van der Waals surface area contributed by atoms with E-state index in [0.717, 1.165) is 30.5 Å². The Labute approximate surface area is 175 Å². The van der Waals surface area contributed by atoms with Crippen molar-refractivity contribution in [3.63, 3.8) is 0 Å². The second kappa shape index (κ2) is 7.92. The summed E-state index contributed by atoms with van der Waals surface area (Å²) in [5.41, 5.74) is 2.01. The molecule has 162 valence electrons. The van der Waals surface area contributed by atoms with E-state index in [-0.39, 0.29) is 11.9 Å². The molecule has 0 unspecified atom stereocenters. The van der Waals surface area contributed by atoms with Crippen molar-refractivity contribution < 1.29 is 17.9 Å². The minimum absolute atomic E-state index is 0.170. The number of aryl methyl sites for hydroxylation is 1. The summed E-state index contributed by atoms with van der Waals surface area (Å²) in [5, 5.41) is 3.24. The van der Waals surface area contributed by atoms with Gasteiger partial charge in [-0.15, -0.1) is 0 Å². The molecular weight excluding hydrogens is 408 g/mol. The van der Waals surface area contributed by atoms with E-state index in [0.29, 0.717) is 43.0 Å². The van der Waals surface area contributed by atoms with E-state index in [1.807, 2.05) is 12.1 Å². The molecule has 30 heavy (non-hydrogen) atoms. The van der Waals surface area contributed by atoms with Crippen molar-refractivity contribution in [2.24, 2.45) is 0 Å². The van der Waals surface area contributed by atoms with Gasteiger partial charge in [0, 0.05) is 24.2 Å². The van der Waals surface area contributed by atoms with Crippen molar-refractivity contribution in [3.05, 3.63) is 34.2 Å². The summed E-state index contributed by atoms with van der Waals surface area (Å²) in [6.07, 6.45) is 3.13. The quantitative estimate of drug-likeness (QED) is 0.749. The molecule has 0 aliphatic carbocycles. The Morgan fingerprint density at radius 3 is 2.43 bits per heavy atom. The SMILES string of the molecule is COc1cc2c(cc1OC)-c1cc(N(C3CCNCC3)S(C)(=O)=O)nc(=O)n1CC2. The van der Waals surface area contributed by atoms with E-state index < -0.39 is 15.7 Å². The lowest BCUT2D eigenvalue weighted by Crippen LogP contribution is -2.47. The molecule has 0 radical (unpaired) electrons. The molecule has 10 heteroatoms. The first-order chi connectivity index (χ1) is 14.3. The van der Waals surface area contributed by atoms with Crippen LogP contribution in [-0.4, -0.2) is 57.6 Å². The molecule has 0 atom stereocenters. The second-order valence-electron chi connectivity index (χ2n) is 7.59. The molecule has 2 aromatic rings. The molecule has 2 aliphatic heterocycles. The van der Waals surface area contributed by atoms with Crippen LogP contribution in [0.25, 0.3) is 11.3 Å². The number of rotatable bonds is 5. The molecule has 0 amide bonds. The van der Waals surface area contributed by atoms with Gasteiger partial charge in [-0.25, -0.2) is 13.2 Å². The number of aromatic nitrogens is 2. The van der Waals surface area contributed by atoms with Crippen LogP contribution in [-0.2, 0) is 23.0 Å². The van der Waals surface area contributed by atoms with Gasteiger partial charge in [0.1, 0.15) is 5.82 Å². The predicted molar refractivity (Wildman–Crippen MR) is 114 cm³/mol. The van der Waals surface area contributed by atoms with Gasteiger partial charge >= 0.3 is 5.69 Å². The molecule has 1 saturated heterocycles. The van der Waals surface area contributed by atoms with Gasteiger partial charge in [0.15, 0.2) is 11.5 Å². The maximum Gasteiger partial charge on any atom is 0.350 e. The average molecular weight is 435 g/mol. The normalized spacial score (nSPS) is 16.5. The number of hydrogen-bond acceptors (Lipinski definition) is 7. The molecule has 3 heterocycles. The van der Waals surface area contributed by atoms with Crippen LogP contribution in [0.2, 0.25) is 0 Å². The van der Waals surface area contributed by atoms with Gasteiger partial charge in [-0.2, -0.15) is 4.98 Å². The fourth-order valence-corrected chi connectivity index (χ4v) is 5.50. The Balaban J connectivity index is 1.88. The number of fused-ring (bicyclic) bond motifs is 3. The zero-order valence-corrected chi connectivity index (χ0v) is 18.2. The van der Waals surface area contributed by atoms with Gasteiger partial charge in [0.05, 0.1) is 26.2 Å². The highest BCUT2D eigenvalue weighted by Gasteiger charge is 2.31. The van der Waals surface area contributed by atoms with Crippen LogP contribution in [0.4, 0.5) is 5.82 Å². The summed E-state index contributed by atoms with van der Waals surface area (Å²) in [6.45, 7) is 1.91.